The van der Waals surface area contributed by atoms with E-state index in [1.807, 2.05) is 6.08 Å². The van der Waals surface area contributed by atoms with Crippen LogP contribution in [-0.4, -0.2) is 12.2 Å². The van der Waals surface area contributed by atoms with Crippen LogP contribution in [0.4, 0.5) is 0 Å². The molecule has 3 nitrogen and oxygen atoms in total. The van der Waals surface area contributed by atoms with Crippen LogP contribution in [0.3, 0.4) is 0 Å². The average Bonchev–Trinajstić information content (AvgIpc) is 2.37. The third-order valence-corrected chi connectivity index (χ3v) is 1.49. The van der Waals surface area contributed by atoms with E-state index in [1.165, 1.54) is 6.21 Å². The molecule has 0 saturated heterocycles. The van der Waals surface area contributed by atoms with Crippen LogP contribution in [0.1, 0.15) is 26.2 Å². The van der Waals surface area contributed by atoms with Gasteiger partial charge >= 0.3 is 5.97 Å². The first-order chi connectivity index (χ1) is 5.34. The minimum absolute atomic E-state index is 0.332. The molecule has 0 fully saturated rings. The molecule has 0 aromatic heterocycles. The summed E-state index contributed by atoms with van der Waals surface area (Å²) in [7, 11) is 0. The molecule has 0 aliphatic carbocycles. The maximum Gasteiger partial charge on any atom is 0.367 e. The fraction of sp³-hybridized carbons (Fsp3) is 0.500. The van der Waals surface area contributed by atoms with Gasteiger partial charge in [-0.3, -0.25) is 0 Å². The van der Waals surface area contributed by atoms with Gasteiger partial charge in [0, 0.05) is 0 Å². The number of unbranched alkanes of at least 4 members (excludes halogenated alkanes) is 2. The van der Waals surface area contributed by atoms with Crippen LogP contribution < -0.4 is 0 Å². The predicted molar refractivity (Wildman–Crippen MR) is 42.2 cm³/mol. The molecule has 1 rings (SSSR count). The number of carbonyl (C=O) groups is 1. The van der Waals surface area contributed by atoms with Gasteiger partial charge in [-0.2, -0.15) is 0 Å². The van der Waals surface area contributed by atoms with E-state index < -0.39 is 0 Å². The number of carbonyl (C=O) groups excluding carboxylic acids is 1. The number of allylic oxidation sites excluding steroid dienone is 1. The molecule has 0 aromatic rings. The summed E-state index contributed by atoms with van der Waals surface area (Å²) in [5.74, 6) is -0.332. The molecule has 0 bridgehead atoms. The Kier molecular flexibility index (Phi) is 2.83. The van der Waals surface area contributed by atoms with Gasteiger partial charge in [0.15, 0.2) is 0 Å². The molecule has 0 atom stereocenters. The highest BCUT2D eigenvalue weighted by Crippen LogP contribution is 2.06. The van der Waals surface area contributed by atoms with Gasteiger partial charge in [0.2, 0.25) is 0 Å². The summed E-state index contributed by atoms with van der Waals surface area (Å²) in [6.07, 6.45) is 6.48. The highest BCUT2D eigenvalue weighted by atomic mass is 16.7. The summed E-state index contributed by atoms with van der Waals surface area (Å²) in [5.41, 5.74) is 0.582. The lowest BCUT2D eigenvalue weighted by molar-refractivity contribution is -0.136. The highest BCUT2D eigenvalue weighted by molar-refractivity contribution is 6.11. The van der Waals surface area contributed by atoms with Gasteiger partial charge in [-0.25, -0.2) is 4.79 Å². The molecule has 0 amide bonds. The van der Waals surface area contributed by atoms with Crippen molar-refractivity contribution in [2.24, 2.45) is 5.16 Å². The van der Waals surface area contributed by atoms with Gasteiger partial charge in [0.25, 0.3) is 0 Å². The molecule has 3 heteroatoms. The van der Waals surface area contributed by atoms with Crippen LogP contribution in [0.2, 0.25) is 0 Å². The molecular formula is C8H11NO2. The van der Waals surface area contributed by atoms with E-state index in [9.17, 15) is 4.79 Å². The van der Waals surface area contributed by atoms with Crippen LogP contribution in [0.25, 0.3) is 0 Å². The third kappa shape index (κ3) is 2.18. The molecular weight excluding hydrogens is 142 g/mol. The van der Waals surface area contributed by atoms with Crippen LogP contribution in [-0.2, 0) is 9.63 Å². The largest absolute Gasteiger partial charge is 0.367 e. The van der Waals surface area contributed by atoms with Gasteiger partial charge in [-0.05, 0) is 6.42 Å². The molecule has 0 unspecified atom stereocenters. The second-order valence-electron chi connectivity index (χ2n) is 2.41. The summed E-state index contributed by atoms with van der Waals surface area (Å²) in [6, 6.07) is 0. The Balaban J connectivity index is 2.39. The molecule has 0 N–H and O–H groups in total. The lowest BCUT2D eigenvalue weighted by Crippen LogP contribution is -1.96. The van der Waals surface area contributed by atoms with Crippen LogP contribution in [0.5, 0.6) is 0 Å². The summed E-state index contributed by atoms with van der Waals surface area (Å²) >= 11 is 0. The quantitative estimate of drug-likeness (QED) is 0.351. The van der Waals surface area contributed by atoms with Crippen molar-refractivity contribution in [2.75, 3.05) is 0 Å². The highest BCUT2D eigenvalue weighted by Gasteiger charge is 2.13. The number of oxime groups is 1. The predicted octanol–water partition coefficient (Wildman–Crippen LogP) is 1.65. The minimum Gasteiger partial charge on any atom is -0.313 e. The van der Waals surface area contributed by atoms with Crippen molar-refractivity contribution in [1.29, 1.82) is 0 Å². The summed E-state index contributed by atoms with van der Waals surface area (Å²) in [4.78, 5) is 15.1. The zero-order chi connectivity index (χ0) is 8.10. The molecule has 60 valence electrons. The Morgan fingerprint density at radius 1 is 1.73 bits per heavy atom. The number of hydrogen-bond donors (Lipinski definition) is 0. The Hall–Kier alpha value is -1.12. The summed E-state index contributed by atoms with van der Waals surface area (Å²) < 4.78 is 0. The lowest BCUT2D eigenvalue weighted by atomic mass is 10.2. The van der Waals surface area contributed by atoms with Gasteiger partial charge in [-0.15, -0.1) is 0 Å². The van der Waals surface area contributed by atoms with Crippen molar-refractivity contribution in [1.82, 2.24) is 0 Å². The van der Waals surface area contributed by atoms with E-state index in [2.05, 4.69) is 16.9 Å². The molecule has 1 aliphatic rings. The van der Waals surface area contributed by atoms with E-state index in [0.717, 1.165) is 19.3 Å². The van der Waals surface area contributed by atoms with E-state index in [0.29, 0.717) is 5.57 Å². The first kappa shape index (κ1) is 7.98. The standard InChI is InChI=1S/C8H11NO2/c1-2-3-4-5-7-6-9-11-8(7)10/h5-6H,2-4H2,1H3. The minimum atomic E-state index is -0.332. The fourth-order valence-electron chi connectivity index (χ4n) is 0.834. The third-order valence-electron chi connectivity index (χ3n) is 1.49. The summed E-state index contributed by atoms with van der Waals surface area (Å²) in [6.45, 7) is 2.11. The smallest absolute Gasteiger partial charge is 0.313 e. The Morgan fingerprint density at radius 2 is 2.55 bits per heavy atom. The van der Waals surface area contributed by atoms with Crippen molar-refractivity contribution in [3.05, 3.63) is 11.6 Å². The first-order valence-electron chi connectivity index (χ1n) is 3.79. The fourth-order valence-corrected chi connectivity index (χ4v) is 0.834. The molecule has 0 aromatic carbocycles. The molecule has 0 radical (unpaired) electrons. The van der Waals surface area contributed by atoms with Crippen molar-refractivity contribution < 1.29 is 9.63 Å². The van der Waals surface area contributed by atoms with Crippen molar-refractivity contribution in [3.63, 3.8) is 0 Å². The average molecular weight is 153 g/mol. The first-order valence-corrected chi connectivity index (χ1v) is 3.79. The Labute approximate surface area is 65.7 Å². The van der Waals surface area contributed by atoms with E-state index >= 15 is 0 Å². The van der Waals surface area contributed by atoms with Gasteiger partial charge in [0.1, 0.15) is 0 Å². The van der Waals surface area contributed by atoms with Crippen LogP contribution in [0.15, 0.2) is 16.8 Å². The monoisotopic (exact) mass is 153 g/mol. The summed E-state index contributed by atoms with van der Waals surface area (Å²) in [5, 5.41) is 3.38. The van der Waals surface area contributed by atoms with Gasteiger partial charge in [-0.1, -0.05) is 31.0 Å². The Bertz CT molecular complexity index is 206. The topological polar surface area (TPSA) is 38.7 Å². The number of hydrogen-bond acceptors (Lipinski definition) is 3. The zero-order valence-electron chi connectivity index (χ0n) is 6.54. The zero-order valence-corrected chi connectivity index (χ0v) is 6.54. The molecule has 1 heterocycles. The SMILES string of the molecule is CCCCC=C1C=NOC1=O. The Morgan fingerprint density at radius 3 is 3.09 bits per heavy atom. The molecule has 1 aliphatic heterocycles. The maximum absolute atomic E-state index is 10.8. The van der Waals surface area contributed by atoms with Crippen molar-refractivity contribution in [2.45, 2.75) is 26.2 Å². The maximum atomic E-state index is 10.8. The van der Waals surface area contributed by atoms with Crippen molar-refractivity contribution in [3.8, 4) is 0 Å². The second kappa shape index (κ2) is 3.91. The van der Waals surface area contributed by atoms with Crippen molar-refractivity contribution >= 4 is 12.2 Å². The number of nitrogens with zero attached hydrogens (tertiary/aromatic N) is 1. The normalized spacial score (nSPS) is 19.4. The number of rotatable bonds is 3. The molecule has 0 saturated carbocycles. The van der Waals surface area contributed by atoms with E-state index in [1.54, 1.807) is 0 Å². The molecule has 0 spiro atoms. The van der Waals surface area contributed by atoms with Gasteiger partial charge in [0.05, 0.1) is 11.8 Å². The molecule has 11 heavy (non-hydrogen) atoms. The van der Waals surface area contributed by atoms with Crippen LogP contribution >= 0.6 is 0 Å². The van der Waals surface area contributed by atoms with E-state index in [-0.39, 0.29) is 5.97 Å². The van der Waals surface area contributed by atoms with E-state index in [4.69, 9.17) is 0 Å². The lowest BCUT2D eigenvalue weighted by Gasteiger charge is -1.89. The van der Waals surface area contributed by atoms with Gasteiger partial charge < -0.3 is 4.84 Å². The second-order valence-corrected chi connectivity index (χ2v) is 2.41. The van der Waals surface area contributed by atoms with Crippen LogP contribution in [0, 0.1) is 0 Å².